The molecule has 0 fully saturated rings. The van der Waals surface area contributed by atoms with E-state index in [4.69, 9.17) is 0 Å². The van der Waals surface area contributed by atoms with E-state index in [1.165, 1.54) is 6.07 Å². The maximum atomic E-state index is 12.4. The van der Waals surface area contributed by atoms with Gasteiger partial charge in [0.25, 0.3) is 0 Å². The van der Waals surface area contributed by atoms with Crippen LogP contribution in [0, 0.1) is 0 Å². The first-order valence-corrected chi connectivity index (χ1v) is 11.9. The molecule has 0 bridgehead atoms. The SMILES string of the molecule is CCC(=O)c1csc(S(=O)(=O)N[Si](C)(C)C(C)(C)C)c1. The van der Waals surface area contributed by atoms with Crippen LogP contribution in [0.2, 0.25) is 18.1 Å². The quantitative estimate of drug-likeness (QED) is 0.661. The zero-order chi connectivity index (χ0) is 15.8. The summed E-state index contributed by atoms with van der Waals surface area (Å²) in [4.78, 5) is 11.6. The van der Waals surface area contributed by atoms with Crippen LogP contribution >= 0.6 is 11.3 Å². The highest BCUT2D eigenvalue weighted by Gasteiger charge is 2.39. The van der Waals surface area contributed by atoms with Crippen LogP contribution in [0.5, 0.6) is 0 Å². The molecule has 0 saturated heterocycles. The van der Waals surface area contributed by atoms with Gasteiger partial charge in [0.2, 0.25) is 10.0 Å². The third-order valence-corrected chi connectivity index (χ3v) is 12.9. The van der Waals surface area contributed by atoms with Gasteiger partial charge in [-0.05, 0) is 11.1 Å². The Morgan fingerprint density at radius 3 is 2.35 bits per heavy atom. The fraction of sp³-hybridized carbons (Fsp3) is 0.615. The third-order valence-electron chi connectivity index (χ3n) is 3.75. The van der Waals surface area contributed by atoms with E-state index in [1.54, 1.807) is 12.3 Å². The van der Waals surface area contributed by atoms with Gasteiger partial charge in [-0.1, -0.05) is 40.8 Å². The van der Waals surface area contributed by atoms with Crippen LogP contribution in [0.3, 0.4) is 0 Å². The largest absolute Gasteiger partial charge is 0.294 e. The second-order valence-corrected chi connectivity index (χ2v) is 14.6. The Labute approximate surface area is 126 Å². The van der Waals surface area contributed by atoms with E-state index < -0.39 is 18.3 Å². The summed E-state index contributed by atoms with van der Waals surface area (Å²) in [6.45, 7) is 11.9. The molecule has 7 heteroatoms. The lowest BCUT2D eigenvalue weighted by Crippen LogP contribution is -2.54. The first-order chi connectivity index (χ1) is 8.90. The third kappa shape index (κ3) is 3.78. The molecule has 0 saturated carbocycles. The predicted octanol–water partition coefficient (Wildman–Crippen LogP) is 3.62. The molecule has 0 aliphatic carbocycles. The highest BCUT2D eigenvalue weighted by atomic mass is 32.2. The number of thiophene rings is 1. The lowest BCUT2D eigenvalue weighted by atomic mass is 10.2. The number of nitrogens with one attached hydrogen (secondary N) is 1. The Morgan fingerprint density at radius 1 is 1.35 bits per heavy atom. The molecule has 0 atom stereocenters. The minimum Gasteiger partial charge on any atom is -0.294 e. The zero-order valence-corrected chi connectivity index (χ0v) is 15.5. The summed E-state index contributed by atoms with van der Waals surface area (Å²) in [5.41, 5.74) is 0.480. The van der Waals surface area contributed by atoms with E-state index in [9.17, 15) is 13.2 Å². The standard InChI is InChI=1S/C13H23NO3S2Si/c1-7-11(15)10-8-12(18-9-10)19(16,17)14-20(5,6)13(2,3)4/h8-9,14H,7H2,1-6H3. The first kappa shape index (κ1) is 17.5. The van der Waals surface area contributed by atoms with Crippen molar-refractivity contribution in [3.63, 3.8) is 0 Å². The molecule has 1 aromatic heterocycles. The predicted molar refractivity (Wildman–Crippen MR) is 86.5 cm³/mol. The van der Waals surface area contributed by atoms with Gasteiger partial charge in [-0.3, -0.25) is 4.79 Å². The molecule has 0 radical (unpaired) electrons. The lowest BCUT2D eigenvalue weighted by Gasteiger charge is -2.36. The Bertz CT molecular complexity index is 597. The van der Waals surface area contributed by atoms with Gasteiger partial charge in [-0.15, -0.1) is 11.3 Å². The van der Waals surface area contributed by atoms with E-state index >= 15 is 0 Å². The Morgan fingerprint density at radius 2 is 1.90 bits per heavy atom. The summed E-state index contributed by atoms with van der Waals surface area (Å²) in [6.07, 6.45) is 0.381. The second kappa shape index (κ2) is 5.71. The van der Waals surface area contributed by atoms with Crippen molar-refractivity contribution < 1.29 is 13.2 Å². The number of Topliss-reactive ketones (excluding diaryl/α,β-unsaturated/α-hetero) is 1. The molecule has 1 rings (SSSR count). The number of rotatable bonds is 5. The molecule has 0 aromatic carbocycles. The van der Waals surface area contributed by atoms with Crippen molar-refractivity contribution >= 4 is 35.4 Å². The van der Waals surface area contributed by atoms with E-state index in [0.29, 0.717) is 12.0 Å². The van der Waals surface area contributed by atoms with Gasteiger partial charge in [0.1, 0.15) is 12.4 Å². The number of hydrogen-bond acceptors (Lipinski definition) is 4. The minimum absolute atomic E-state index is 0.0324. The Kier molecular flexibility index (Phi) is 5.01. The Hall–Kier alpha value is -0.503. The maximum absolute atomic E-state index is 12.4. The van der Waals surface area contributed by atoms with Gasteiger partial charge in [-0.2, -0.15) is 0 Å². The monoisotopic (exact) mass is 333 g/mol. The van der Waals surface area contributed by atoms with Crippen LogP contribution in [-0.2, 0) is 10.0 Å². The summed E-state index contributed by atoms with van der Waals surface area (Å²) < 4.78 is 28.0. The molecule has 1 N–H and O–H groups in total. The number of carbonyl (C=O) groups is 1. The molecule has 0 aliphatic heterocycles. The molecule has 114 valence electrons. The van der Waals surface area contributed by atoms with Gasteiger partial charge in [0.05, 0.1) is 0 Å². The van der Waals surface area contributed by atoms with Crippen molar-refractivity contribution in [1.29, 1.82) is 0 Å². The molecule has 4 nitrogen and oxygen atoms in total. The van der Waals surface area contributed by atoms with Gasteiger partial charge in [0, 0.05) is 17.4 Å². The average Bonchev–Trinajstić information content (AvgIpc) is 2.74. The van der Waals surface area contributed by atoms with Crippen molar-refractivity contribution in [3.8, 4) is 0 Å². The molecule has 0 unspecified atom stereocenters. The maximum Gasteiger partial charge on any atom is 0.244 e. The van der Waals surface area contributed by atoms with Gasteiger partial charge in [0.15, 0.2) is 5.78 Å². The fourth-order valence-corrected chi connectivity index (χ4v) is 7.61. The Balaban J connectivity index is 3.07. The number of hydrogen-bond donors (Lipinski definition) is 1. The van der Waals surface area contributed by atoms with Crippen molar-refractivity contribution in [1.82, 2.24) is 4.39 Å². The van der Waals surface area contributed by atoms with Crippen LogP contribution in [0.4, 0.5) is 0 Å². The molecule has 1 aromatic rings. The summed E-state index contributed by atoms with van der Waals surface area (Å²) in [7, 11) is -5.71. The van der Waals surface area contributed by atoms with E-state index in [1.807, 2.05) is 33.9 Å². The smallest absolute Gasteiger partial charge is 0.244 e. The summed E-state index contributed by atoms with van der Waals surface area (Å²) in [5.74, 6) is -0.0324. The summed E-state index contributed by atoms with van der Waals surface area (Å²) in [6, 6.07) is 1.48. The highest BCUT2D eigenvalue weighted by Crippen LogP contribution is 2.35. The summed E-state index contributed by atoms with van der Waals surface area (Å²) in [5, 5.41) is 1.53. The van der Waals surface area contributed by atoms with Crippen LogP contribution in [-0.4, -0.2) is 22.4 Å². The summed E-state index contributed by atoms with van der Waals surface area (Å²) >= 11 is 1.10. The van der Waals surface area contributed by atoms with Crippen LogP contribution in [0.25, 0.3) is 0 Å². The van der Waals surface area contributed by atoms with Crippen LogP contribution in [0.1, 0.15) is 44.5 Å². The van der Waals surface area contributed by atoms with E-state index in [0.717, 1.165) is 11.3 Å². The molecule has 0 amide bonds. The topological polar surface area (TPSA) is 63.2 Å². The highest BCUT2D eigenvalue weighted by molar-refractivity contribution is 7.93. The van der Waals surface area contributed by atoms with E-state index in [-0.39, 0.29) is 15.0 Å². The zero-order valence-electron chi connectivity index (χ0n) is 12.9. The molecule has 20 heavy (non-hydrogen) atoms. The minimum atomic E-state index is -3.54. The van der Waals surface area contributed by atoms with Crippen LogP contribution in [0.15, 0.2) is 15.7 Å². The fourth-order valence-electron chi connectivity index (χ4n) is 1.35. The molecule has 0 spiro atoms. The van der Waals surface area contributed by atoms with Crippen LogP contribution < -0.4 is 4.39 Å². The van der Waals surface area contributed by atoms with Gasteiger partial charge >= 0.3 is 0 Å². The van der Waals surface area contributed by atoms with Crippen molar-refractivity contribution in [3.05, 3.63) is 17.0 Å². The van der Waals surface area contributed by atoms with Gasteiger partial charge < -0.3 is 0 Å². The van der Waals surface area contributed by atoms with Crippen molar-refractivity contribution in [2.45, 2.75) is 56.5 Å². The first-order valence-electron chi connectivity index (χ1n) is 6.56. The number of ketones is 1. The normalized spacial score (nSPS) is 13.5. The second-order valence-electron chi connectivity index (χ2n) is 6.41. The number of sulfonamides is 1. The molecule has 1 heterocycles. The molecule has 0 aliphatic rings. The molecular weight excluding hydrogens is 310 g/mol. The molecular formula is C13H23NO3S2Si. The van der Waals surface area contributed by atoms with E-state index in [2.05, 4.69) is 4.39 Å². The van der Waals surface area contributed by atoms with Gasteiger partial charge in [-0.25, -0.2) is 12.8 Å². The number of carbonyl (C=O) groups excluding carboxylic acids is 1. The van der Waals surface area contributed by atoms with Crippen molar-refractivity contribution in [2.75, 3.05) is 0 Å². The van der Waals surface area contributed by atoms with Crippen molar-refractivity contribution in [2.24, 2.45) is 0 Å². The lowest BCUT2D eigenvalue weighted by molar-refractivity contribution is 0.0988. The average molecular weight is 334 g/mol.